The van der Waals surface area contributed by atoms with E-state index in [1.807, 2.05) is 0 Å². The van der Waals surface area contributed by atoms with Crippen molar-refractivity contribution in [2.45, 2.75) is 6.92 Å². The summed E-state index contributed by atoms with van der Waals surface area (Å²) in [5.74, 6) is 1.38. The summed E-state index contributed by atoms with van der Waals surface area (Å²) in [6, 6.07) is 8.78. The second kappa shape index (κ2) is 6.78. The lowest BCUT2D eigenvalue weighted by atomic mass is 10.2. The second-order valence-electron chi connectivity index (χ2n) is 4.33. The molecule has 4 nitrogen and oxygen atoms in total. The molecular formula is C15H15Cl2NO3. The van der Waals surface area contributed by atoms with Crippen molar-refractivity contribution in [2.24, 2.45) is 0 Å². The molecule has 0 aromatic heterocycles. The highest BCUT2D eigenvalue weighted by Gasteiger charge is 2.12. The van der Waals surface area contributed by atoms with E-state index in [0.717, 1.165) is 5.75 Å². The van der Waals surface area contributed by atoms with Gasteiger partial charge in [0.1, 0.15) is 11.5 Å². The molecule has 0 aliphatic rings. The Morgan fingerprint density at radius 3 is 2.38 bits per heavy atom. The molecular weight excluding hydrogens is 313 g/mol. The number of ether oxygens (including phenoxy) is 2. The van der Waals surface area contributed by atoms with Gasteiger partial charge < -0.3 is 19.9 Å². The van der Waals surface area contributed by atoms with Crippen LogP contribution in [-0.4, -0.2) is 18.9 Å². The molecule has 0 bridgehead atoms. The van der Waals surface area contributed by atoms with Crippen molar-refractivity contribution in [3.8, 4) is 17.2 Å². The smallest absolute Gasteiger partial charge is 0.159 e. The van der Waals surface area contributed by atoms with Gasteiger partial charge in [-0.25, -0.2) is 0 Å². The van der Waals surface area contributed by atoms with Crippen LogP contribution in [0.2, 0.25) is 10.0 Å². The molecule has 2 aromatic rings. The van der Waals surface area contributed by atoms with Crippen LogP contribution in [0, 0.1) is 6.92 Å². The molecule has 2 N–H and O–H groups in total. The summed E-state index contributed by atoms with van der Waals surface area (Å²) >= 11 is 12.0. The summed E-state index contributed by atoms with van der Waals surface area (Å²) in [7, 11) is 1.60. The molecule has 0 heterocycles. The minimum atomic E-state index is -0.0445. The van der Waals surface area contributed by atoms with Gasteiger partial charge in [0.15, 0.2) is 12.5 Å². The van der Waals surface area contributed by atoms with Crippen LogP contribution in [-0.2, 0) is 0 Å². The largest absolute Gasteiger partial charge is 0.504 e. The minimum absolute atomic E-state index is 0.0445. The Kier molecular flexibility index (Phi) is 5.04. The zero-order valence-corrected chi connectivity index (χ0v) is 13.1. The summed E-state index contributed by atoms with van der Waals surface area (Å²) in [5.41, 5.74) is 1.06. The van der Waals surface area contributed by atoms with Gasteiger partial charge in [0.25, 0.3) is 0 Å². The third-order valence-electron chi connectivity index (χ3n) is 2.98. The topological polar surface area (TPSA) is 50.7 Å². The van der Waals surface area contributed by atoms with E-state index >= 15 is 0 Å². The zero-order valence-electron chi connectivity index (χ0n) is 11.6. The Morgan fingerprint density at radius 2 is 1.76 bits per heavy atom. The van der Waals surface area contributed by atoms with E-state index in [2.05, 4.69) is 5.32 Å². The minimum Gasteiger partial charge on any atom is -0.504 e. The SMILES string of the molecule is COc1ccc(OCNc2cc(Cl)c(C)c(Cl)c2O)cc1. The number of phenols is 1. The first-order valence-electron chi connectivity index (χ1n) is 6.21. The standard InChI is InChI=1S/C15H15Cl2NO3/c1-9-12(16)7-13(15(19)14(9)17)18-8-21-11-5-3-10(20-2)4-6-11/h3-7,18-19H,8H2,1-2H3. The fourth-order valence-electron chi connectivity index (χ4n) is 1.71. The van der Waals surface area contributed by atoms with E-state index in [9.17, 15) is 5.11 Å². The van der Waals surface area contributed by atoms with Crippen LogP contribution >= 0.6 is 23.2 Å². The van der Waals surface area contributed by atoms with E-state index in [0.29, 0.717) is 22.0 Å². The fraction of sp³-hybridized carbons (Fsp3) is 0.200. The Hall–Kier alpha value is -1.78. The molecule has 0 atom stereocenters. The highest BCUT2D eigenvalue weighted by atomic mass is 35.5. The van der Waals surface area contributed by atoms with Gasteiger partial charge in [0.05, 0.1) is 17.8 Å². The number of methoxy groups -OCH3 is 1. The van der Waals surface area contributed by atoms with Gasteiger partial charge in [-0.15, -0.1) is 0 Å². The first-order chi connectivity index (χ1) is 10.0. The van der Waals surface area contributed by atoms with E-state index in [1.54, 1.807) is 44.4 Å². The Bertz CT molecular complexity index is 630. The monoisotopic (exact) mass is 327 g/mol. The lowest BCUT2D eigenvalue weighted by Crippen LogP contribution is -2.09. The molecule has 0 aliphatic carbocycles. The van der Waals surface area contributed by atoms with Crippen LogP contribution in [0.15, 0.2) is 30.3 Å². The number of phenolic OH excluding ortho intramolecular Hbond substituents is 1. The van der Waals surface area contributed by atoms with Crippen molar-refractivity contribution in [3.63, 3.8) is 0 Å². The molecule has 0 aliphatic heterocycles. The quantitative estimate of drug-likeness (QED) is 0.628. The molecule has 6 heteroatoms. The number of rotatable bonds is 5. The summed E-state index contributed by atoms with van der Waals surface area (Å²) in [4.78, 5) is 0. The highest BCUT2D eigenvalue weighted by molar-refractivity contribution is 6.37. The summed E-state index contributed by atoms with van der Waals surface area (Å²) in [6.45, 7) is 1.90. The number of anilines is 1. The molecule has 0 spiro atoms. The van der Waals surface area contributed by atoms with E-state index in [4.69, 9.17) is 32.7 Å². The molecule has 21 heavy (non-hydrogen) atoms. The molecule has 0 unspecified atom stereocenters. The summed E-state index contributed by atoms with van der Waals surface area (Å²) in [5, 5.41) is 13.6. The maximum Gasteiger partial charge on any atom is 0.159 e. The van der Waals surface area contributed by atoms with Crippen molar-refractivity contribution in [1.82, 2.24) is 0 Å². The van der Waals surface area contributed by atoms with E-state index in [1.165, 1.54) is 0 Å². The molecule has 112 valence electrons. The van der Waals surface area contributed by atoms with Gasteiger partial charge in [0, 0.05) is 5.02 Å². The molecule has 0 fully saturated rings. The Balaban J connectivity index is 2.00. The maximum absolute atomic E-state index is 9.94. The number of halogens is 2. The maximum atomic E-state index is 9.94. The third-order valence-corrected chi connectivity index (χ3v) is 3.84. The van der Waals surface area contributed by atoms with Crippen LogP contribution in [0.25, 0.3) is 0 Å². The van der Waals surface area contributed by atoms with E-state index < -0.39 is 0 Å². The molecule has 0 saturated carbocycles. The molecule has 2 rings (SSSR count). The van der Waals surface area contributed by atoms with Crippen molar-refractivity contribution in [3.05, 3.63) is 45.9 Å². The first-order valence-corrected chi connectivity index (χ1v) is 6.96. The van der Waals surface area contributed by atoms with Gasteiger partial charge in [-0.05, 0) is 42.8 Å². The summed E-state index contributed by atoms with van der Waals surface area (Å²) < 4.78 is 10.6. The molecule has 2 aromatic carbocycles. The third kappa shape index (κ3) is 3.65. The van der Waals surface area contributed by atoms with Crippen LogP contribution in [0.5, 0.6) is 17.2 Å². The van der Waals surface area contributed by atoms with Gasteiger partial charge in [0.2, 0.25) is 0 Å². The average Bonchev–Trinajstić information content (AvgIpc) is 2.51. The number of nitrogens with one attached hydrogen (secondary N) is 1. The van der Waals surface area contributed by atoms with Crippen LogP contribution < -0.4 is 14.8 Å². The number of hydrogen-bond donors (Lipinski definition) is 2. The number of hydrogen-bond acceptors (Lipinski definition) is 4. The number of benzene rings is 2. The van der Waals surface area contributed by atoms with Crippen molar-refractivity contribution in [2.75, 3.05) is 19.2 Å². The summed E-state index contributed by atoms with van der Waals surface area (Å²) in [6.07, 6.45) is 0. The Labute approximate surface area is 133 Å². The lowest BCUT2D eigenvalue weighted by Gasteiger charge is -2.13. The fourth-order valence-corrected chi connectivity index (χ4v) is 2.16. The normalized spacial score (nSPS) is 10.3. The van der Waals surface area contributed by atoms with Crippen molar-refractivity contribution in [1.29, 1.82) is 0 Å². The zero-order chi connectivity index (χ0) is 15.4. The molecule has 0 saturated heterocycles. The highest BCUT2D eigenvalue weighted by Crippen LogP contribution is 2.38. The van der Waals surface area contributed by atoms with E-state index in [-0.39, 0.29) is 17.5 Å². The first kappa shape index (κ1) is 15.6. The predicted octanol–water partition coefficient (Wildman–Crippen LogP) is 4.46. The Morgan fingerprint density at radius 1 is 1.14 bits per heavy atom. The van der Waals surface area contributed by atoms with Gasteiger partial charge in [-0.1, -0.05) is 23.2 Å². The second-order valence-corrected chi connectivity index (χ2v) is 5.12. The van der Waals surface area contributed by atoms with Gasteiger partial charge in [-0.2, -0.15) is 0 Å². The average molecular weight is 328 g/mol. The molecule has 0 amide bonds. The number of aromatic hydroxyl groups is 1. The van der Waals surface area contributed by atoms with Crippen LogP contribution in [0.1, 0.15) is 5.56 Å². The lowest BCUT2D eigenvalue weighted by molar-refractivity contribution is 0.344. The van der Waals surface area contributed by atoms with Crippen LogP contribution in [0.3, 0.4) is 0 Å². The van der Waals surface area contributed by atoms with Gasteiger partial charge in [-0.3, -0.25) is 0 Å². The van der Waals surface area contributed by atoms with Crippen LogP contribution in [0.4, 0.5) is 5.69 Å². The predicted molar refractivity (Wildman–Crippen MR) is 85.0 cm³/mol. The van der Waals surface area contributed by atoms with Crippen molar-refractivity contribution < 1.29 is 14.6 Å². The van der Waals surface area contributed by atoms with Crippen molar-refractivity contribution >= 4 is 28.9 Å². The molecule has 0 radical (unpaired) electrons. The van der Waals surface area contributed by atoms with Gasteiger partial charge >= 0.3 is 0 Å².